The van der Waals surface area contributed by atoms with Crippen molar-refractivity contribution in [3.05, 3.63) is 23.5 Å². The number of esters is 1. The Labute approximate surface area is 116 Å². The molecule has 1 aromatic rings. The lowest BCUT2D eigenvalue weighted by Gasteiger charge is -2.16. The van der Waals surface area contributed by atoms with Crippen LogP contribution in [0.4, 0.5) is 15.8 Å². The molecule has 0 saturated carbocycles. The van der Waals surface area contributed by atoms with Crippen LogP contribution in [0.25, 0.3) is 0 Å². The molecule has 1 atom stereocenters. The minimum Gasteiger partial charge on any atom is -0.465 e. The standard InChI is InChI=1S/C13H19FN2O2S/c1-8(4-5-19-3)16-12-6-9(13(17)18-2)11(15)7-10(12)14/h6-8,16H,4-5,15H2,1-3H3. The maximum absolute atomic E-state index is 13.8. The topological polar surface area (TPSA) is 64.3 Å². The first kappa shape index (κ1) is 15.6. The van der Waals surface area contributed by atoms with E-state index in [9.17, 15) is 9.18 Å². The number of anilines is 2. The lowest BCUT2D eigenvalue weighted by Crippen LogP contribution is -2.18. The monoisotopic (exact) mass is 286 g/mol. The third-order valence-corrected chi connectivity index (χ3v) is 3.35. The highest BCUT2D eigenvalue weighted by molar-refractivity contribution is 7.98. The van der Waals surface area contributed by atoms with E-state index >= 15 is 0 Å². The molecule has 0 aliphatic heterocycles. The zero-order valence-corrected chi connectivity index (χ0v) is 12.1. The number of carbonyl (C=O) groups excluding carboxylic acids is 1. The van der Waals surface area contributed by atoms with E-state index in [1.165, 1.54) is 13.2 Å². The molecule has 0 radical (unpaired) electrons. The van der Waals surface area contributed by atoms with Crippen molar-refractivity contribution < 1.29 is 13.9 Å². The summed E-state index contributed by atoms with van der Waals surface area (Å²) in [6.45, 7) is 1.96. The van der Waals surface area contributed by atoms with E-state index in [1.54, 1.807) is 11.8 Å². The number of nitrogens with one attached hydrogen (secondary N) is 1. The number of benzene rings is 1. The summed E-state index contributed by atoms with van der Waals surface area (Å²) in [5.41, 5.74) is 6.12. The number of halogens is 1. The minimum atomic E-state index is -0.572. The van der Waals surface area contributed by atoms with Gasteiger partial charge in [-0.25, -0.2) is 9.18 Å². The number of nitrogens with two attached hydrogens (primary N) is 1. The number of rotatable bonds is 6. The summed E-state index contributed by atoms with van der Waals surface area (Å²) >= 11 is 1.73. The lowest BCUT2D eigenvalue weighted by atomic mass is 10.1. The fourth-order valence-corrected chi connectivity index (χ4v) is 2.21. The van der Waals surface area contributed by atoms with Gasteiger partial charge in [0, 0.05) is 11.7 Å². The van der Waals surface area contributed by atoms with Crippen LogP contribution in [0.2, 0.25) is 0 Å². The average molecular weight is 286 g/mol. The lowest BCUT2D eigenvalue weighted by molar-refractivity contribution is 0.0602. The Morgan fingerprint density at radius 3 is 2.84 bits per heavy atom. The van der Waals surface area contributed by atoms with Crippen LogP contribution in [-0.2, 0) is 4.74 Å². The molecule has 0 heterocycles. The average Bonchev–Trinajstić information content (AvgIpc) is 2.38. The van der Waals surface area contributed by atoms with E-state index in [0.29, 0.717) is 0 Å². The van der Waals surface area contributed by atoms with E-state index in [1.807, 2.05) is 13.2 Å². The van der Waals surface area contributed by atoms with Gasteiger partial charge in [0.1, 0.15) is 5.82 Å². The number of carbonyl (C=O) groups is 1. The molecule has 1 aromatic carbocycles. The fourth-order valence-electron chi connectivity index (χ4n) is 1.62. The Kier molecular flexibility index (Phi) is 5.95. The van der Waals surface area contributed by atoms with E-state index in [-0.39, 0.29) is 23.0 Å². The van der Waals surface area contributed by atoms with Gasteiger partial charge in [-0.05, 0) is 37.5 Å². The Balaban J connectivity index is 2.91. The molecule has 0 spiro atoms. The first-order valence-electron chi connectivity index (χ1n) is 5.92. The van der Waals surface area contributed by atoms with Crippen molar-refractivity contribution in [1.82, 2.24) is 0 Å². The van der Waals surface area contributed by atoms with Gasteiger partial charge >= 0.3 is 5.97 Å². The van der Waals surface area contributed by atoms with Crippen LogP contribution in [-0.4, -0.2) is 31.1 Å². The van der Waals surface area contributed by atoms with E-state index < -0.39 is 11.8 Å². The van der Waals surface area contributed by atoms with Crippen molar-refractivity contribution in [3.63, 3.8) is 0 Å². The second kappa shape index (κ2) is 7.23. The maximum Gasteiger partial charge on any atom is 0.340 e. The van der Waals surface area contributed by atoms with Crippen LogP contribution in [0.3, 0.4) is 0 Å². The van der Waals surface area contributed by atoms with Crippen LogP contribution in [0.1, 0.15) is 23.7 Å². The summed E-state index contributed by atoms with van der Waals surface area (Å²) in [7, 11) is 1.26. The highest BCUT2D eigenvalue weighted by Crippen LogP contribution is 2.24. The molecule has 3 N–H and O–H groups in total. The van der Waals surface area contributed by atoms with Gasteiger partial charge in [0.25, 0.3) is 0 Å². The summed E-state index contributed by atoms with van der Waals surface area (Å²) in [5, 5.41) is 3.04. The van der Waals surface area contributed by atoms with Crippen LogP contribution in [0, 0.1) is 5.82 Å². The molecule has 0 aliphatic carbocycles. The van der Waals surface area contributed by atoms with E-state index in [0.717, 1.165) is 18.2 Å². The van der Waals surface area contributed by atoms with Crippen molar-refractivity contribution in [2.75, 3.05) is 30.2 Å². The molecule has 0 saturated heterocycles. The highest BCUT2D eigenvalue weighted by Gasteiger charge is 2.15. The molecule has 4 nitrogen and oxygen atoms in total. The molecular formula is C13H19FN2O2S. The smallest absolute Gasteiger partial charge is 0.340 e. The van der Waals surface area contributed by atoms with Crippen LogP contribution >= 0.6 is 11.8 Å². The number of hydrogen-bond acceptors (Lipinski definition) is 5. The molecule has 1 rings (SSSR count). The van der Waals surface area contributed by atoms with Crippen LogP contribution < -0.4 is 11.1 Å². The largest absolute Gasteiger partial charge is 0.465 e. The number of ether oxygens (including phenoxy) is 1. The van der Waals surface area contributed by atoms with Gasteiger partial charge < -0.3 is 15.8 Å². The Morgan fingerprint density at radius 1 is 1.58 bits per heavy atom. The zero-order valence-electron chi connectivity index (χ0n) is 11.3. The van der Waals surface area contributed by atoms with Crippen molar-refractivity contribution >= 4 is 29.1 Å². The normalized spacial score (nSPS) is 12.0. The molecule has 6 heteroatoms. The fraction of sp³-hybridized carbons (Fsp3) is 0.462. The van der Waals surface area contributed by atoms with Crippen molar-refractivity contribution in [2.24, 2.45) is 0 Å². The van der Waals surface area contributed by atoms with Crippen molar-refractivity contribution in [1.29, 1.82) is 0 Å². The summed E-state index contributed by atoms with van der Waals surface area (Å²) in [4.78, 5) is 11.5. The molecule has 0 aliphatic rings. The highest BCUT2D eigenvalue weighted by atomic mass is 32.2. The van der Waals surface area contributed by atoms with Gasteiger partial charge in [-0.1, -0.05) is 0 Å². The quantitative estimate of drug-likeness (QED) is 0.622. The maximum atomic E-state index is 13.8. The van der Waals surface area contributed by atoms with E-state index in [4.69, 9.17) is 5.73 Å². The Morgan fingerprint density at radius 2 is 2.26 bits per heavy atom. The molecular weight excluding hydrogens is 267 g/mol. The van der Waals surface area contributed by atoms with Gasteiger partial charge in [0.05, 0.1) is 18.4 Å². The SMILES string of the molecule is COC(=O)c1cc(NC(C)CCSC)c(F)cc1N. The molecule has 0 aromatic heterocycles. The molecule has 0 bridgehead atoms. The van der Waals surface area contributed by atoms with Gasteiger partial charge in [-0.15, -0.1) is 0 Å². The Hall–Kier alpha value is -1.43. The van der Waals surface area contributed by atoms with Crippen LogP contribution in [0.5, 0.6) is 0 Å². The van der Waals surface area contributed by atoms with Crippen molar-refractivity contribution in [2.45, 2.75) is 19.4 Å². The first-order valence-corrected chi connectivity index (χ1v) is 7.31. The number of nitrogen functional groups attached to an aromatic ring is 1. The van der Waals surface area contributed by atoms with Crippen LogP contribution in [0.15, 0.2) is 12.1 Å². The summed E-state index contributed by atoms with van der Waals surface area (Å²) < 4.78 is 18.4. The first-order chi connectivity index (χ1) is 8.99. The number of thioether (sulfide) groups is 1. The van der Waals surface area contributed by atoms with Gasteiger partial charge in [0.2, 0.25) is 0 Å². The third-order valence-electron chi connectivity index (χ3n) is 2.70. The van der Waals surface area contributed by atoms with E-state index in [2.05, 4.69) is 10.1 Å². The predicted octanol–water partition coefficient (Wildman–Crippen LogP) is 2.75. The summed E-state index contributed by atoms with van der Waals surface area (Å²) in [6.07, 6.45) is 2.92. The molecule has 1 unspecified atom stereocenters. The molecule has 19 heavy (non-hydrogen) atoms. The van der Waals surface area contributed by atoms with Crippen molar-refractivity contribution in [3.8, 4) is 0 Å². The van der Waals surface area contributed by atoms with Gasteiger partial charge in [-0.2, -0.15) is 11.8 Å². The van der Waals surface area contributed by atoms with Gasteiger partial charge in [0.15, 0.2) is 0 Å². The predicted molar refractivity (Wildman–Crippen MR) is 78.2 cm³/mol. The minimum absolute atomic E-state index is 0.0756. The summed E-state index contributed by atoms with van der Waals surface area (Å²) in [6, 6.07) is 2.64. The molecule has 0 amide bonds. The number of hydrogen-bond donors (Lipinski definition) is 2. The number of methoxy groups -OCH3 is 1. The zero-order chi connectivity index (χ0) is 14.4. The molecule has 106 valence electrons. The molecule has 0 fully saturated rings. The summed E-state index contributed by atoms with van der Waals surface area (Å²) in [5.74, 6) is -0.0623. The second-order valence-electron chi connectivity index (χ2n) is 4.24. The second-order valence-corrected chi connectivity index (χ2v) is 5.22. The third kappa shape index (κ3) is 4.31. The Bertz CT molecular complexity index is 455. The van der Waals surface area contributed by atoms with Gasteiger partial charge in [-0.3, -0.25) is 0 Å².